The molecule has 4 heteroatoms. The predicted molar refractivity (Wildman–Crippen MR) is 50.5 cm³/mol. The number of hydrogen-bond donors (Lipinski definition) is 1. The summed E-state index contributed by atoms with van der Waals surface area (Å²) in [5.41, 5.74) is -0.714. The number of nitrogens with zero attached hydrogens (tertiary/aromatic N) is 1. The van der Waals surface area contributed by atoms with Gasteiger partial charge in [-0.2, -0.15) is 0 Å². The summed E-state index contributed by atoms with van der Waals surface area (Å²) in [6.07, 6.45) is 0. The molecule has 1 amide bonds. The maximum Gasteiger partial charge on any atom is 0.251 e. The van der Waals surface area contributed by atoms with Crippen molar-refractivity contribution in [3.63, 3.8) is 0 Å². The molecule has 0 bridgehead atoms. The lowest BCUT2D eigenvalue weighted by atomic mass is 10.1. The summed E-state index contributed by atoms with van der Waals surface area (Å²) in [5, 5.41) is 2.93. The smallest absolute Gasteiger partial charge is 0.251 e. The van der Waals surface area contributed by atoms with Crippen LogP contribution in [0.5, 0.6) is 0 Å². The van der Waals surface area contributed by atoms with E-state index in [9.17, 15) is 4.79 Å². The third-order valence-electron chi connectivity index (χ3n) is 2.46. The molecule has 0 aromatic carbocycles. The Labute approximate surface area is 79.2 Å². The molecule has 0 aromatic heterocycles. The molecule has 1 fully saturated rings. The number of likely N-dealkylation sites (N-methyl/N-ethyl adjacent to an activating group) is 1. The second kappa shape index (κ2) is 3.64. The Balaban J connectivity index is 2.33. The fraction of sp³-hybridized carbons (Fsp3) is 0.889. The lowest BCUT2D eigenvalue weighted by Gasteiger charge is -2.38. The molecule has 0 atom stereocenters. The standard InChI is InChI=1S/C9H18N2O2/c1-9(2,13-4)8(12)10-7-5-11(3)6-7/h7H,5-6H2,1-4H3,(H,10,12). The maximum atomic E-state index is 11.6. The van der Waals surface area contributed by atoms with Crippen molar-refractivity contribution < 1.29 is 9.53 Å². The molecule has 13 heavy (non-hydrogen) atoms. The number of hydrogen-bond acceptors (Lipinski definition) is 3. The summed E-state index contributed by atoms with van der Waals surface area (Å²) in [4.78, 5) is 13.7. The zero-order valence-electron chi connectivity index (χ0n) is 8.76. The van der Waals surface area contributed by atoms with Crippen LogP contribution in [0.2, 0.25) is 0 Å². The minimum Gasteiger partial charge on any atom is -0.369 e. The van der Waals surface area contributed by atoms with Gasteiger partial charge in [-0.3, -0.25) is 4.79 Å². The Bertz CT molecular complexity index is 198. The molecule has 0 saturated carbocycles. The van der Waals surface area contributed by atoms with Crippen molar-refractivity contribution in [2.75, 3.05) is 27.2 Å². The molecule has 1 aliphatic heterocycles. The molecule has 4 nitrogen and oxygen atoms in total. The predicted octanol–water partition coefficient (Wildman–Crippen LogP) is -0.158. The molecule has 0 spiro atoms. The molecular weight excluding hydrogens is 168 g/mol. The van der Waals surface area contributed by atoms with Crippen molar-refractivity contribution in [3.05, 3.63) is 0 Å². The van der Waals surface area contributed by atoms with Gasteiger partial charge < -0.3 is 15.0 Å². The van der Waals surface area contributed by atoms with Crippen LogP contribution in [0.15, 0.2) is 0 Å². The first-order valence-electron chi connectivity index (χ1n) is 4.50. The van der Waals surface area contributed by atoms with E-state index in [1.807, 2.05) is 7.05 Å². The van der Waals surface area contributed by atoms with E-state index in [4.69, 9.17) is 4.74 Å². The van der Waals surface area contributed by atoms with E-state index in [0.29, 0.717) is 6.04 Å². The van der Waals surface area contributed by atoms with Crippen LogP contribution in [0.3, 0.4) is 0 Å². The number of methoxy groups -OCH3 is 1. The number of nitrogens with one attached hydrogen (secondary N) is 1. The van der Waals surface area contributed by atoms with Crippen molar-refractivity contribution >= 4 is 5.91 Å². The van der Waals surface area contributed by atoms with E-state index in [1.54, 1.807) is 21.0 Å². The average Bonchev–Trinajstić information content (AvgIpc) is 2.01. The van der Waals surface area contributed by atoms with Gasteiger partial charge in [0.25, 0.3) is 5.91 Å². The van der Waals surface area contributed by atoms with Crippen molar-refractivity contribution in [2.24, 2.45) is 0 Å². The number of likely N-dealkylation sites (tertiary alicyclic amines) is 1. The first-order valence-corrected chi connectivity index (χ1v) is 4.50. The van der Waals surface area contributed by atoms with E-state index in [-0.39, 0.29) is 5.91 Å². The van der Waals surface area contributed by atoms with Crippen LogP contribution >= 0.6 is 0 Å². The van der Waals surface area contributed by atoms with Crippen LogP contribution in [0, 0.1) is 0 Å². The average molecular weight is 186 g/mol. The summed E-state index contributed by atoms with van der Waals surface area (Å²) in [7, 11) is 3.58. The number of amides is 1. The van der Waals surface area contributed by atoms with Crippen LogP contribution in [0.1, 0.15) is 13.8 Å². The van der Waals surface area contributed by atoms with Crippen LogP contribution in [0.25, 0.3) is 0 Å². The van der Waals surface area contributed by atoms with Gasteiger partial charge in [-0.15, -0.1) is 0 Å². The minimum absolute atomic E-state index is 0.0342. The van der Waals surface area contributed by atoms with Gasteiger partial charge in [0.1, 0.15) is 5.60 Å². The monoisotopic (exact) mass is 186 g/mol. The fourth-order valence-electron chi connectivity index (χ4n) is 1.24. The minimum atomic E-state index is -0.714. The molecule has 1 aliphatic rings. The third kappa shape index (κ3) is 2.42. The van der Waals surface area contributed by atoms with E-state index in [0.717, 1.165) is 13.1 Å². The highest BCUT2D eigenvalue weighted by Crippen LogP contribution is 2.10. The van der Waals surface area contributed by atoms with Gasteiger partial charge in [0, 0.05) is 20.2 Å². The van der Waals surface area contributed by atoms with Crippen molar-refractivity contribution in [2.45, 2.75) is 25.5 Å². The summed E-state index contributed by atoms with van der Waals surface area (Å²) < 4.78 is 5.07. The Morgan fingerprint density at radius 3 is 2.46 bits per heavy atom. The van der Waals surface area contributed by atoms with E-state index < -0.39 is 5.60 Å². The second-order valence-corrected chi connectivity index (χ2v) is 4.11. The van der Waals surface area contributed by atoms with Gasteiger partial charge in [-0.25, -0.2) is 0 Å². The number of carbonyl (C=O) groups excluding carboxylic acids is 1. The Morgan fingerprint density at radius 1 is 1.54 bits per heavy atom. The first kappa shape index (κ1) is 10.5. The Morgan fingerprint density at radius 2 is 2.08 bits per heavy atom. The molecular formula is C9H18N2O2. The number of rotatable bonds is 3. The zero-order chi connectivity index (χ0) is 10.1. The highest BCUT2D eigenvalue weighted by Gasteiger charge is 2.32. The molecule has 1 saturated heterocycles. The third-order valence-corrected chi connectivity index (χ3v) is 2.46. The molecule has 1 heterocycles. The highest BCUT2D eigenvalue weighted by molar-refractivity contribution is 5.84. The van der Waals surface area contributed by atoms with Crippen LogP contribution in [-0.2, 0) is 9.53 Å². The molecule has 1 rings (SSSR count). The van der Waals surface area contributed by atoms with E-state index in [1.165, 1.54) is 0 Å². The lowest BCUT2D eigenvalue weighted by molar-refractivity contribution is -0.141. The van der Waals surface area contributed by atoms with Gasteiger partial charge >= 0.3 is 0 Å². The molecule has 0 aliphatic carbocycles. The molecule has 0 unspecified atom stereocenters. The normalized spacial score (nSPS) is 19.7. The van der Waals surface area contributed by atoms with Gasteiger partial charge in [0.15, 0.2) is 0 Å². The highest BCUT2D eigenvalue weighted by atomic mass is 16.5. The Hall–Kier alpha value is -0.610. The largest absolute Gasteiger partial charge is 0.369 e. The van der Waals surface area contributed by atoms with Gasteiger partial charge in [-0.1, -0.05) is 0 Å². The van der Waals surface area contributed by atoms with Gasteiger partial charge in [0.05, 0.1) is 6.04 Å². The molecule has 0 aromatic rings. The maximum absolute atomic E-state index is 11.6. The molecule has 76 valence electrons. The van der Waals surface area contributed by atoms with E-state index >= 15 is 0 Å². The Kier molecular flexibility index (Phi) is 2.93. The van der Waals surface area contributed by atoms with Gasteiger partial charge in [-0.05, 0) is 20.9 Å². The summed E-state index contributed by atoms with van der Waals surface area (Å²) >= 11 is 0. The van der Waals surface area contributed by atoms with Crippen LogP contribution in [0.4, 0.5) is 0 Å². The van der Waals surface area contributed by atoms with Crippen LogP contribution < -0.4 is 5.32 Å². The summed E-state index contributed by atoms with van der Waals surface area (Å²) in [6.45, 7) is 5.41. The first-order chi connectivity index (χ1) is 5.95. The molecule has 0 radical (unpaired) electrons. The van der Waals surface area contributed by atoms with Crippen molar-refractivity contribution in [1.82, 2.24) is 10.2 Å². The SMILES string of the molecule is COC(C)(C)C(=O)NC1CN(C)C1. The van der Waals surface area contributed by atoms with Gasteiger partial charge in [0.2, 0.25) is 0 Å². The van der Waals surface area contributed by atoms with Crippen molar-refractivity contribution in [1.29, 1.82) is 0 Å². The quantitative estimate of drug-likeness (QED) is 0.666. The summed E-state index contributed by atoms with van der Waals surface area (Å²) in [6, 6.07) is 0.298. The van der Waals surface area contributed by atoms with E-state index in [2.05, 4.69) is 10.2 Å². The summed E-state index contributed by atoms with van der Waals surface area (Å²) in [5.74, 6) is -0.0342. The molecule has 1 N–H and O–H groups in total. The second-order valence-electron chi connectivity index (χ2n) is 4.11. The fourth-order valence-corrected chi connectivity index (χ4v) is 1.24. The zero-order valence-corrected chi connectivity index (χ0v) is 8.76. The topological polar surface area (TPSA) is 41.6 Å². The van der Waals surface area contributed by atoms with Crippen molar-refractivity contribution in [3.8, 4) is 0 Å². The number of carbonyl (C=O) groups is 1. The van der Waals surface area contributed by atoms with Crippen LogP contribution in [-0.4, -0.2) is 49.7 Å². The number of ether oxygens (including phenoxy) is 1. The lowest BCUT2D eigenvalue weighted by Crippen LogP contribution is -2.60.